The van der Waals surface area contributed by atoms with Crippen molar-refractivity contribution < 1.29 is 4.52 Å². The molecule has 0 amide bonds. The topological polar surface area (TPSA) is 103 Å². The molecule has 0 aromatic carbocycles. The van der Waals surface area contributed by atoms with Crippen molar-refractivity contribution >= 4 is 16.9 Å². The summed E-state index contributed by atoms with van der Waals surface area (Å²) in [6, 6.07) is 7.56. The molecule has 1 N–H and O–H groups in total. The highest BCUT2D eigenvalue weighted by atomic mass is 16.5. The van der Waals surface area contributed by atoms with Gasteiger partial charge in [0, 0.05) is 6.20 Å². The minimum atomic E-state index is -0.211. The molecule has 8 heteroatoms. The van der Waals surface area contributed by atoms with Gasteiger partial charge in [-0.15, -0.1) is 0 Å². The quantitative estimate of drug-likeness (QED) is 0.600. The number of hydrogen-bond donors (Lipinski definition) is 1. The molecule has 8 nitrogen and oxygen atoms in total. The van der Waals surface area contributed by atoms with Crippen LogP contribution >= 0.6 is 0 Å². The van der Waals surface area contributed by atoms with Crippen LogP contribution in [0.4, 0.5) is 5.82 Å². The van der Waals surface area contributed by atoms with Crippen LogP contribution in [0.25, 0.3) is 22.4 Å². The second kappa shape index (κ2) is 6.47. The van der Waals surface area contributed by atoms with E-state index in [1.54, 1.807) is 6.92 Å². The van der Waals surface area contributed by atoms with Gasteiger partial charge in [-0.2, -0.15) is 4.98 Å². The zero-order chi connectivity index (χ0) is 18.1. The third-order valence-electron chi connectivity index (χ3n) is 3.92. The summed E-state index contributed by atoms with van der Waals surface area (Å²) in [6.45, 7) is 5.70. The Bertz CT molecular complexity index is 1060. The van der Waals surface area contributed by atoms with Crippen LogP contribution in [-0.2, 0) is 0 Å². The lowest BCUT2D eigenvalue weighted by atomic mass is 10.2. The van der Waals surface area contributed by atoms with Gasteiger partial charge in [-0.3, -0.25) is 4.98 Å². The van der Waals surface area contributed by atoms with Crippen LogP contribution in [0.2, 0.25) is 0 Å². The first kappa shape index (κ1) is 16.1. The monoisotopic (exact) mass is 347 g/mol. The van der Waals surface area contributed by atoms with Crippen molar-refractivity contribution in [1.29, 1.82) is 0 Å². The standard InChI is InChI=1S/C18H17N7O/c1-10-4-5-13(19-8-10)14-6-7-15-16(24-14)17(21-9-20-15)22-11(2)18-23-12(3)25-26-18/h4-9,11H,1-3H3,(H,20,21,22). The van der Waals surface area contributed by atoms with Crippen LogP contribution in [0, 0.1) is 13.8 Å². The van der Waals surface area contributed by atoms with Gasteiger partial charge in [-0.25, -0.2) is 15.0 Å². The van der Waals surface area contributed by atoms with Gasteiger partial charge in [0.25, 0.3) is 0 Å². The number of nitrogens with zero attached hydrogens (tertiary/aromatic N) is 6. The first-order valence-electron chi connectivity index (χ1n) is 8.21. The Kier molecular flexibility index (Phi) is 4.00. The lowest BCUT2D eigenvalue weighted by molar-refractivity contribution is 0.364. The van der Waals surface area contributed by atoms with Gasteiger partial charge in [0.1, 0.15) is 17.9 Å². The Balaban J connectivity index is 1.72. The number of fused-ring (bicyclic) bond motifs is 1. The van der Waals surface area contributed by atoms with Gasteiger partial charge in [-0.1, -0.05) is 11.2 Å². The minimum absolute atomic E-state index is 0.211. The van der Waals surface area contributed by atoms with Crippen molar-refractivity contribution in [3.8, 4) is 11.4 Å². The molecule has 26 heavy (non-hydrogen) atoms. The van der Waals surface area contributed by atoms with Gasteiger partial charge < -0.3 is 9.84 Å². The summed E-state index contributed by atoms with van der Waals surface area (Å²) in [7, 11) is 0. The fourth-order valence-electron chi connectivity index (χ4n) is 2.56. The molecule has 0 saturated heterocycles. The first-order valence-corrected chi connectivity index (χ1v) is 8.21. The third-order valence-corrected chi connectivity index (χ3v) is 3.92. The number of anilines is 1. The molecule has 0 radical (unpaired) electrons. The summed E-state index contributed by atoms with van der Waals surface area (Å²) in [5, 5.41) is 7.09. The zero-order valence-electron chi connectivity index (χ0n) is 14.6. The summed E-state index contributed by atoms with van der Waals surface area (Å²) in [5.74, 6) is 1.69. The molecule has 0 saturated carbocycles. The molecule has 0 spiro atoms. The molecule has 0 fully saturated rings. The molecule has 4 aromatic rings. The van der Waals surface area contributed by atoms with Crippen molar-refractivity contribution in [2.45, 2.75) is 26.8 Å². The third kappa shape index (κ3) is 3.08. The van der Waals surface area contributed by atoms with Crippen LogP contribution in [0.3, 0.4) is 0 Å². The highest BCUT2D eigenvalue weighted by Gasteiger charge is 2.16. The van der Waals surface area contributed by atoms with E-state index in [4.69, 9.17) is 9.51 Å². The Morgan fingerprint density at radius 2 is 1.81 bits per heavy atom. The Morgan fingerprint density at radius 3 is 2.54 bits per heavy atom. The molecule has 4 heterocycles. The molecule has 0 bridgehead atoms. The van der Waals surface area contributed by atoms with E-state index in [-0.39, 0.29) is 6.04 Å². The molecule has 0 aliphatic heterocycles. The summed E-state index contributed by atoms with van der Waals surface area (Å²) in [5.41, 5.74) is 4.07. The van der Waals surface area contributed by atoms with Crippen molar-refractivity contribution in [1.82, 2.24) is 30.1 Å². The molecule has 130 valence electrons. The van der Waals surface area contributed by atoms with Gasteiger partial charge in [-0.05, 0) is 44.5 Å². The van der Waals surface area contributed by atoms with E-state index in [0.29, 0.717) is 23.0 Å². The van der Waals surface area contributed by atoms with Crippen LogP contribution in [0.15, 0.2) is 41.3 Å². The summed E-state index contributed by atoms with van der Waals surface area (Å²) in [4.78, 5) is 22.0. The van der Waals surface area contributed by atoms with Crippen LogP contribution in [0.5, 0.6) is 0 Å². The second-order valence-corrected chi connectivity index (χ2v) is 6.05. The average molecular weight is 347 g/mol. The maximum atomic E-state index is 5.22. The largest absolute Gasteiger partial charge is 0.357 e. The molecule has 1 unspecified atom stereocenters. The predicted octanol–water partition coefficient (Wildman–Crippen LogP) is 3.26. The number of nitrogens with one attached hydrogen (secondary N) is 1. The van der Waals surface area contributed by atoms with E-state index in [1.807, 2.05) is 44.3 Å². The molecule has 4 aromatic heterocycles. The Hall–Kier alpha value is -3.42. The molecule has 0 aliphatic rings. The molecular weight excluding hydrogens is 330 g/mol. The zero-order valence-corrected chi connectivity index (χ0v) is 14.6. The Morgan fingerprint density at radius 1 is 0.962 bits per heavy atom. The summed E-state index contributed by atoms with van der Waals surface area (Å²) >= 11 is 0. The number of aryl methyl sites for hydroxylation is 2. The molecular formula is C18H17N7O. The maximum absolute atomic E-state index is 5.22. The lowest BCUT2D eigenvalue weighted by Crippen LogP contribution is -2.09. The second-order valence-electron chi connectivity index (χ2n) is 6.05. The van der Waals surface area contributed by atoms with Crippen molar-refractivity contribution in [2.75, 3.05) is 5.32 Å². The van der Waals surface area contributed by atoms with Crippen LogP contribution in [-0.4, -0.2) is 30.1 Å². The normalized spacial score (nSPS) is 12.3. The predicted molar refractivity (Wildman–Crippen MR) is 96.4 cm³/mol. The molecule has 4 rings (SSSR count). The van der Waals surface area contributed by atoms with Gasteiger partial charge in [0.15, 0.2) is 11.6 Å². The van der Waals surface area contributed by atoms with Crippen molar-refractivity contribution in [2.24, 2.45) is 0 Å². The fourth-order valence-corrected chi connectivity index (χ4v) is 2.56. The summed E-state index contributed by atoms with van der Waals surface area (Å²) in [6.07, 6.45) is 3.32. The van der Waals surface area contributed by atoms with E-state index >= 15 is 0 Å². The van der Waals surface area contributed by atoms with Gasteiger partial charge in [0.05, 0.1) is 16.9 Å². The van der Waals surface area contributed by atoms with Crippen molar-refractivity contribution in [3.63, 3.8) is 0 Å². The number of hydrogen-bond acceptors (Lipinski definition) is 8. The van der Waals surface area contributed by atoms with Gasteiger partial charge in [0.2, 0.25) is 5.89 Å². The maximum Gasteiger partial charge on any atom is 0.248 e. The summed E-state index contributed by atoms with van der Waals surface area (Å²) < 4.78 is 5.22. The first-order chi connectivity index (χ1) is 12.6. The molecule has 1 atom stereocenters. The highest BCUT2D eigenvalue weighted by Crippen LogP contribution is 2.25. The van der Waals surface area contributed by atoms with Gasteiger partial charge >= 0.3 is 0 Å². The van der Waals surface area contributed by atoms with Crippen molar-refractivity contribution in [3.05, 3.63) is 54.1 Å². The van der Waals surface area contributed by atoms with E-state index in [2.05, 4.69) is 30.4 Å². The van der Waals surface area contributed by atoms with E-state index < -0.39 is 0 Å². The van der Waals surface area contributed by atoms with Crippen LogP contribution < -0.4 is 5.32 Å². The van der Waals surface area contributed by atoms with E-state index in [1.165, 1.54) is 6.33 Å². The lowest BCUT2D eigenvalue weighted by Gasteiger charge is -2.12. The smallest absolute Gasteiger partial charge is 0.248 e. The SMILES string of the molecule is Cc1ccc(-c2ccc3ncnc(NC(C)c4nc(C)no4)c3n2)nc1. The Labute approximate surface area is 149 Å². The fraction of sp³-hybridized carbons (Fsp3) is 0.222. The number of rotatable bonds is 4. The number of pyridine rings is 2. The minimum Gasteiger partial charge on any atom is -0.357 e. The van der Waals surface area contributed by atoms with E-state index in [9.17, 15) is 0 Å². The average Bonchev–Trinajstić information content (AvgIpc) is 3.09. The van der Waals surface area contributed by atoms with Crippen LogP contribution in [0.1, 0.15) is 30.2 Å². The number of aromatic nitrogens is 6. The van der Waals surface area contributed by atoms with E-state index in [0.717, 1.165) is 22.5 Å². The molecule has 0 aliphatic carbocycles. The highest BCUT2D eigenvalue weighted by molar-refractivity contribution is 5.86.